The topological polar surface area (TPSA) is 60.4 Å². The SMILES string of the molecule is COc1ccc(Cn2cnc(C(O)c3ccco3)c2)cc1. The molecule has 2 heterocycles. The molecule has 5 nitrogen and oxygen atoms in total. The molecule has 0 saturated heterocycles. The van der Waals surface area contributed by atoms with Gasteiger partial charge in [-0.1, -0.05) is 12.1 Å². The minimum atomic E-state index is -0.836. The average molecular weight is 284 g/mol. The molecule has 0 amide bonds. The zero-order chi connectivity index (χ0) is 14.7. The molecule has 5 heteroatoms. The van der Waals surface area contributed by atoms with Crippen LogP contribution in [0.1, 0.15) is 23.1 Å². The Balaban J connectivity index is 1.72. The van der Waals surface area contributed by atoms with Gasteiger partial charge in [-0.15, -0.1) is 0 Å². The van der Waals surface area contributed by atoms with Gasteiger partial charge >= 0.3 is 0 Å². The maximum absolute atomic E-state index is 10.1. The van der Waals surface area contributed by atoms with Gasteiger partial charge in [0.1, 0.15) is 11.5 Å². The van der Waals surface area contributed by atoms with Crippen molar-refractivity contribution < 1.29 is 14.3 Å². The third kappa shape index (κ3) is 2.98. The van der Waals surface area contributed by atoms with Crippen LogP contribution in [0, 0.1) is 0 Å². The number of aliphatic hydroxyl groups excluding tert-OH is 1. The Hall–Kier alpha value is -2.53. The molecule has 0 radical (unpaired) electrons. The number of rotatable bonds is 5. The zero-order valence-corrected chi connectivity index (χ0v) is 11.6. The van der Waals surface area contributed by atoms with Crippen molar-refractivity contribution in [3.63, 3.8) is 0 Å². The second kappa shape index (κ2) is 5.85. The highest BCUT2D eigenvalue weighted by Gasteiger charge is 2.15. The van der Waals surface area contributed by atoms with E-state index in [1.165, 1.54) is 6.26 Å². The summed E-state index contributed by atoms with van der Waals surface area (Å²) in [5.74, 6) is 1.32. The molecule has 0 fully saturated rings. The summed E-state index contributed by atoms with van der Waals surface area (Å²) in [6.07, 6.45) is 4.22. The van der Waals surface area contributed by atoms with Gasteiger partial charge in [-0.3, -0.25) is 0 Å². The second-order valence-electron chi connectivity index (χ2n) is 4.74. The molecule has 0 saturated carbocycles. The molecule has 2 aromatic heterocycles. The van der Waals surface area contributed by atoms with Crippen molar-refractivity contribution >= 4 is 0 Å². The first-order valence-electron chi connectivity index (χ1n) is 6.62. The van der Waals surface area contributed by atoms with E-state index in [0.29, 0.717) is 18.0 Å². The number of ether oxygens (including phenoxy) is 1. The monoisotopic (exact) mass is 284 g/mol. The number of aliphatic hydroxyl groups is 1. The van der Waals surface area contributed by atoms with Crippen LogP contribution >= 0.6 is 0 Å². The highest BCUT2D eigenvalue weighted by atomic mass is 16.5. The van der Waals surface area contributed by atoms with Gasteiger partial charge in [0.15, 0.2) is 6.10 Å². The number of hydrogen-bond donors (Lipinski definition) is 1. The largest absolute Gasteiger partial charge is 0.497 e. The van der Waals surface area contributed by atoms with Crippen molar-refractivity contribution in [3.8, 4) is 5.75 Å². The maximum Gasteiger partial charge on any atom is 0.155 e. The summed E-state index contributed by atoms with van der Waals surface area (Å²) in [7, 11) is 1.65. The molecule has 1 N–H and O–H groups in total. The normalized spacial score (nSPS) is 12.3. The first kappa shape index (κ1) is 13.5. The molecular weight excluding hydrogens is 268 g/mol. The first-order valence-corrected chi connectivity index (χ1v) is 6.62. The van der Waals surface area contributed by atoms with Crippen LogP contribution in [0.5, 0.6) is 5.75 Å². The van der Waals surface area contributed by atoms with Gasteiger partial charge in [0.05, 0.1) is 25.4 Å². The number of nitrogens with zero attached hydrogens (tertiary/aromatic N) is 2. The molecule has 0 spiro atoms. The minimum absolute atomic E-state index is 0.490. The predicted molar refractivity (Wildman–Crippen MR) is 77.1 cm³/mol. The molecule has 0 aliphatic carbocycles. The first-order chi connectivity index (χ1) is 10.3. The maximum atomic E-state index is 10.1. The molecular formula is C16H16N2O3. The van der Waals surface area contributed by atoms with Crippen LogP contribution in [0.3, 0.4) is 0 Å². The van der Waals surface area contributed by atoms with Crippen molar-refractivity contribution in [3.05, 3.63) is 72.2 Å². The van der Waals surface area contributed by atoms with Crippen molar-refractivity contribution in [2.24, 2.45) is 0 Å². The van der Waals surface area contributed by atoms with Crippen molar-refractivity contribution in [2.75, 3.05) is 7.11 Å². The van der Waals surface area contributed by atoms with E-state index in [1.54, 1.807) is 25.6 Å². The number of imidazole rings is 1. The Morgan fingerprint density at radius 1 is 1.29 bits per heavy atom. The number of furan rings is 1. The standard InChI is InChI=1S/C16H16N2O3/c1-20-13-6-4-12(5-7-13)9-18-10-14(17-11-18)16(19)15-3-2-8-21-15/h2-8,10-11,16,19H,9H2,1H3. The molecule has 21 heavy (non-hydrogen) atoms. The Bertz CT molecular complexity index is 687. The molecule has 3 aromatic rings. The number of methoxy groups -OCH3 is 1. The average Bonchev–Trinajstić information content (AvgIpc) is 3.19. The molecule has 0 aliphatic heterocycles. The Morgan fingerprint density at radius 2 is 2.10 bits per heavy atom. The zero-order valence-electron chi connectivity index (χ0n) is 11.6. The Kier molecular flexibility index (Phi) is 3.75. The van der Waals surface area contributed by atoms with Crippen LogP contribution in [0.15, 0.2) is 59.6 Å². The summed E-state index contributed by atoms with van der Waals surface area (Å²) in [6.45, 7) is 0.682. The Labute approximate surface area is 122 Å². The summed E-state index contributed by atoms with van der Waals surface area (Å²) in [6, 6.07) is 11.3. The lowest BCUT2D eigenvalue weighted by Crippen LogP contribution is -1.99. The number of benzene rings is 1. The van der Waals surface area contributed by atoms with Gasteiger partial charge in [0.25, 0.3) is 0 Å². The molecule has 1 unspecified atom stereocenters. The number of hydrogen-bond acceptors (Lipinski definition) is 4. The lowest BCUT2D eigenvalue weighted by Gasteiger charge is -2.05. The fourth-order valence-corrected chi connectivity index (χ4v) is 2.14. The smallest absolute Gasteiger partial charge is 0.155 e. The third-order valence-corrected chi connectivity index (χ3v) is 3.27. The lowest BCUT2D eigenvalue weighted by molar-refractivity contribution is 0.185. The van der Waals surface area contributed by atoms with Crippen LogP contribution in [0.4, 0.5) is 0 Å². The van der Waals surface area contributed by atoms with Crippen molar-refractivity contribution in [1.29, 1.82) is 0 Å². The molecule has 108 valence electrons. The predicted octanol–water partition coefficient (Wildman–Crippen LogP) is 2.61. The summed E-state index contributed by atoms with van der Waals surface area (Å²) >= 11 is 0. The van der Waals surface area contributed by atoms with Crippen molar-refractivity contribution in [2.45, 2.75) is 12.6 Å². The summed E-state index contributed by atoms with van der Waals surface area (Å²) in [5.41, 5.74) is 1.70. The number of aromatic nitrogens is 2. The molecule has 0 bridgehead atoms. The van der Waals surface area contributed by atoms with E-state index in [2.05, 4.69) is 4.98 Å². The fraction of sp³-hybridized carbons (Fsp3) is 0.188. The third-order valence-electron chi connectivity index (χ3n) is 3.27. The van der Waals surface area contributed by atoms with E-state index in [1.807, 2.05) is 35.0 Å². The van der Waals surface area contributed by atoms with Gasteiger partial charge in [-0.2, -0.15) is 0 Å². The molecule has 1 atom stereocenters. The van der Waals surface area contributed by atoms with Crippen LogP contribution in [-0.4, -0.2) is 21.8 Å². The van der Waals surface area contributed by atoms with Gasteiger partial charge in [0, 0.05) is 12.7 Å². The van der Waals surface area contributed by atoms with Crippen LogP contribution in [-0.2, 0) is 6.54 Å². The second-order valence-corrected chi connectivity index (χ2v) is 4.74. The quantitative estimate of drug-likeness (QED) is 0.782. The van der Waals surface area contributed by atoms with E-state index in [0.717, 1.165) is 11.3 Å². The lowest BCUT2D eigenvalue weighted by atomic mass is 10.2. The van der Waals surface area contributed by atoms with E-state index >= 15 is 0 Å². The highest BCUT2D eigenvalue weighted by molar-refractivity contribution is 5.27. The summed E-state index contributed by atoms with van der Waals surface area (Å²) in [5, 5.41) is 10.1. The molecule has 1 aromatic carbocycles. The van der Waals surface area contributed by atoms with E-state index in [9.17, 15) is 5.11 Å². The van der Waals surface area contributed by atoms with Crippen LogP contribution in [0.2, 0.25) is 0 Å². The molecule has 3 rings (SSSR count). The van der Waals surface area contributed by atoms with E-state index in [-0.39, 0.29) is 0 Å². The molecule has 0 aliphatic rings. The minimum Gasteiger partial charge on any atom is -0.497 e. The highest BCUT2D eigenvalue weighted by Crippen LogP contribution is 2.21. The van der Waals surface area contributed by atoms with E-state index < -0.39 is 6.10 Å². The van der Waals surface area contributed by atoms with Gasteiger partial charge in [-0.05, 0) is 29.8 Å². The Morgan fingerprint density at radius 3 is 2.76 bits per heavy atom. The van der Waals surface area contributed by atoms with Gasteiger partial charge < -0.3 is 18.8 Å². The van der Waals surface area contributed by atoms with Crippen LogP contribution < -0.4 is 4.74 Å². The van der Waals surface area contributed by atoms with Gasteiger partial charge in [-0.25, -0.2) is 4.98 Å². The summed E-state index contributed by atoms with van der Waals surface area (Å²) < 4.78 is 12.2. The summed E-state index contributed by atoms with van der Waals surface area (Å²) in [4.78, 5) is 4.23. The fourth-order valence-electron chi connectivity index (χ4n) is 2.14. The van der Waals surface area contributed by atoms with E-state index in [4.69, 9.17) is 9.15 Å². The van der Waals surface area contributed by atoms with Crippen LogP contribution in [0.25, 0.3) is 0 Å². The van der Waals surface area contributed by atoms with Crippen molar-refractivity contribution in [1.82, 2.24) is 9.55 Å². The van der Waals surface area contributed by atoms with Gasteiger partial charge in [0.2, 0.25) is 0 Å².